The Labute approximate surface area is 216 Å². The van der Waals surface area contributed by atoms with Crippen molar-refractivity contribution in [3.8, 4) is 0 Å². The zero-order valence-electron chi connectivity index (χ0n) is 22.6. The lowest BCUT2D eigenvalue weighted by Gasteiger charge is -2.39. The third kappa shape index (κ3) is 7.89. The topological polar surface area (TPSA) is 68.8 Å². The van der Waals surface area contributed by atoms with Crippen molar-refractivity contribution in [1.29, 1.82) is 0 Å². The average Bonchev–Trinajstić information content (AvgIpc) is 3.18. The molecular weight excluding hydrogens is 462 g/mol. The second kappa shape index (κ2) is 11.1. The van der Waals surface area contributed by atoms with Crippen LogP contribution in [0.5, 0.6) is 0 Å². The Balaban J connectivity index is 1.65. The first-order valence-electron chi connectivity index (χ1n) is 12.9. The van der Waals surface area contributed by atoms with Crippen LogP contribution in [0.4, 0.5) is 0 Å². The smallest absolute Gasteiger partial charge is 0.227 e. The van der Waals surface area contributed by atoms with Crippen LogP contribution in [0.3, 0.4) is 0 Å². The molecule has 2 aliphatic rings. The van der Waals surface area contributed by atoms with Gasteiger partial charge in [0.25, 0.3) is 0 Å². The van der Waals surface area contributed by atoms with Gasteiger partial charge in [0.05, 0.1) is 10.9 Å². The van der Waals surface area contributed by atoms with Gasteiger partial charge in [-0.1, -0.05) is 32.4 Å². The zero-order valence-corrected chi connectivity index (χ0v) is 23.4. The highest BCUT2D eigenvalue weighted by atomic mass is 35.5. The maximum Gasteiger partial charge on any atom is 0.227 e. The van der Waals surface area contributed by atoms with Crippen molar-refractivity contribution in [2.45, 2.75) is 72.4 Å². The van der Waals surface area contributed by atoms with Crippen LogP contribution in [0.25, 0.3) is 0 Å². The van der Waals surface area contributed by atoms with Crippen LogP contribution in [0.1, 0.15) is 66.5 Å². The molecule has 1 aromatic rings. The Bertz CT molecular complexity index is 869. The SMILES string of the molecule is CC(=O)N[C@H](CN1CCN(C(=O)C2CN(C(C)(C)C)CC2c2ccc(Cl)cn2)CC1)CC(C)(C)C. The van der Waals surface area contributed by atoms with E-state index >= 15 is 0 Å². The van der Waals surface area contributed by atoms with Crippen LogP contribution in [0, 0.1) is 11.3 Å². The summed E-state index contributed by atoms with van der Waals surface area (Å²) in [6, 6.07) is 3.95. The number of nitrogens with one attached hydrogen (secondary N) is 1. The molecule has 3 rings (SSSR count). The number of rotatable bonds is 6. The Morgan fingerprint density at radius 3 is 2.26 bits per heavy atom. The minimum absolute atomic E-state index is 0.00974. The van der Waals surface area contributed by atoms with E-state index in [1.807, 2.05) is 17.0 Å². The largest absolute Gasteiger partial charge is 0.352 e. The molecule has 1 aromatic heterocycles. The van der Waals surface area contributed by atoms with Crippen molar-refractivity contribution in [2.75, 3.05) is 45.8 Å². The fraction of sp³-hybridized carbons (Fsp3) is 0.741. The third-order valence-electron chi connectivity index (χ3n) is 7.14. The molecule has 2 amide bonds. The summed E-state index contributed by atoms with van der Waals surface area (Å²) in [4.78, 5) is 36.9. The summed E-state index contributed by atoms with van der Waals surface area (Å²) in [6.45, 7) is 20.3. The molecule has 0 aromatic carbocycles. The van der Waals surface area contributed by atoms with E-state index in [0.29, 0.717) is 18.1 Å². The van der Waals surface area contributed by atoms with Gasteiger partial charge in [-0.2, -0.15) is 0 Å². The molecule has 7 nitrogen and oxygen atoms in total. The van der Waals surface area contributed by atoms with Crippen LogP contribution >= 0.6 is 11.6 Å². The van der Waals surface area contributed by atoms with Crippen molar-refractivity contribution in [3.63, 3.8) is 0 Å². The fourth-order valence-electron chi connectivity index (χ4n) is 5.39. The van der Waals surface area contributed by atoms with E-state index in [-0.39, 0.29) is 40.6 Å². The monoisotopic (exact) mass is 505 g/mol. The number of hydrogen-bond acceptors (Lipinski definition) is 5. The van der Waals surface area contributed by atoms with Crippen molar-refractivity contribution < 1.29 is 9.59 Å². The Morgan fingerprint density at radius 1 is 1.09 bits per heavy atom. The van der Waals surface area contributed by atoms with Crippen LogP contribution < -0.4 is 5.32 Å². The minimum Gasteiger partial charge on any atom is -0.352 e. The number of carbonyl (C=O) groups excluding carboxylic acids is 2. The van der Waals surface area contributed by atoms with E-state index in [2.05, 4.69) is 61.6 Å². The molecule has 0 saturated carbocycles. The summed E-state index contributed by atoms with van der Waals surface area (Å²) in [5.41, 5.74) is 1.07. The number of hydrogen-bond donors (Lipinski definition) is 1. The minimum atomic E-state index is -0.109. The molecule has 2 fully saturated rings. The first-order chi connectivity index (χ1) is 16.2. The van der Waals surface area contributed by atoms with Gasteiger partial charge in [-0.25, -0.2) is 0 Å². The van der Waals surface area contributed by atoms with E-state index in [1.165, 1.54) is 0 Å². The van der Waals surface area contributed by atoms with Crippen molar-refractivity contribution in [2.24, 2.45) is 11.3 Å². The number of pyridine rings is 1. The number of likely N-dealkylation sites (tertiary alicyclic amines) is 1. The normalized spacial score (nSPS) is 23.4. The van der Waals surface area contributed by atoms with Gasteiger partial charge in [-0.3, -0.25) is 24.4 Å². The lowest BCUT2D eigenvalue weighted by atomic mass is 9.87. The molecule has 1 N–H and O–H groups in total. The van der Waals surface area contributed by atoms with Crippen LogP contribution in [-0.2, 0) is 9.59 Å². The predicted octanol–water partition coefficient (Wildman–Crippen LogP) is 3.63. The summed E-state index contributed by atoms with van der Waals surface area (Å²) in [6.07, 6.45) is 2.60. The summed E-state index contributed by atoms with van der Waals surface area (Å²) >= 11 is 6.08. The highest BCUT2D eigenvalue weighted by Crippen LogP contribution is 2.37. The number of aromatic nitrogens is 1. The first kappa shape index (κ1) is 27.9. The lowest BCUT2D eigenvalue weighted by Crippen LogP contribution is -2.54. The molecule has 35 heavy (non-hydrogen) atoms. The van der Waals surface area contributed by atoms with Gasteiger partial charge in [-0.15, -0.1) is 0 Å². The molecule has 3 atom stereocenters. The molecule has 2 unspecified atom stereocenters. The standard InChI is InChI=1S/C27H44ClN5O2/c1-19(34)30-21(14-26(2,3)4)16-31-10-12-32(13-11-31)25(35)23-18-33(27(5,6)7)17-22(23)24-9-8-20(28)15-29-24/h8-9,15,21-23H,10-14,16-18H2,1-7H3,(H,30,34)/t21-,22?,23?/m0/s1. The summed E-state index contributed by atoms with van der Waals surface area (Å²) in [5.74, 6) is 0.196. The quantitative estimate of drug-likeness (QED) is 0.639. The number of nitrogens with zero attached hydrogens (tertiary/aromatic N) is 4. The molecule has 8 heteroatoms. The fourth-order valence-corrected chi connectivity index (χ4v) is 5.50. The molecule has 0 spiro atoms. The van der Waals surface area contributed by atoms with E-state index in [4.69, 9.17) is 11.6 Å². The maximum atomic E-state index is 13.8. The molecule has 196 valence electrons. The number of piperazine rings is 1. The van der Waals surface area contributed by atoms with Crippen molar-refractivity contribution in [3.05, 3.63) is 29.0 Å². The molecule has 3 heterocycles. The van der Waals surface area contributed by atoms with Gasteiger partial charge in [0.1, 0.15) is 0 Å². The first-order valence-corrected chi connectivity index (χ1v) is 13.3. The van der Waals surface area contributed by atoms with E-state index < -0.39 is 0 Å². The lowest BCUT2D eigenvalue weighted by molar-refractivity contribution is -0.137. The summed E-state index contributed by atoms with van der Waals surface area (Å²) < 4.78 is 0. The summed E-state index contributed by atoms with van der Waals surface area (Å²) in [7, 11) is 0. The molecular formula is C27H44ClN5O2. The zero-order chi connectivity index (χ0) is 26.0. The van der Waals surface area contributed by atoms with Gasteiger partial charge >= 0.3 is 0 Å². The highest BCUT2D eigenvalue weighted by Gasteiger charge is 2.44. The van der Waals surface area contributed by atoms with E-state index in [1.54, 1.807) is 13.1 Å². The molecule has 0 aliphatic carbocycles. The second-order valence-electron chi connectivity index (χ2n) is 12.5. The van der Waals surface area contributed by atoms with Crippen LogP contribution in [-0.4, -0.2) is 88.9 Å². The molecule has 0 radical (unpaired) electrons. The maximum absolute atomic E-state index is 13.8. The van der Waals surface area contributed by atoms with E-state index in [0.717, 1.165) is 44.8 Å². The van der Waals surface area contributed by atoms with Gasteiger partial charge < -0.3 is 10.2 Å². The van der Waals surface area contributed by atoms with E-state index in [9.17, 15) is 9.59 Å². The number of amides is 2. The predicted molar refractivity (Wildman–Crippen MR) is 142 cm³/mol. The van der Waals surface area contributed by atoms with Gasteiger partial charge in [0.2, 0.25) is 11.8 Å². The Kier molecular flexibility index (Phi) is 8.87. The molecule has 0 bridgehead atoms. The van der Waals surface area contributed by atoms with Crippen LogP contribution in [0.2, 0.25) is 5.02 Å². The van der Waals surface area contributed by atoms with Crippen molar-refractivity contribution >= 4 is 23.4 Å². The van der Waals surface area contributed by atoms with Crippen molar-refractivity contribution in [1.82, 2.24) is 25.0 Å². The average molecular weight is 506 g/mol. The Morgan fingerprint density at radius 2 is 1.74 bits per heavy atom. The molecule has 2 saturated heterocycles. The highest BCUT2D eigenvalue weighted by molar-refractivity contribution is 6.30. The Hall–Kier alpha value is -1.70. The van der Waals surface area contributed by atoms with Gasteiger partial charge in [-0.05, 0) is 44.7 Å². The summed E-state index contributed by atoms with van der Waals surface area (Å²) in [5, 5.41) is 3.74. The number of halogens is 1. The number of carbonyl (C=O) groups is 2. The van der Waals surface area contributed by atoms with Crippen LogP contribution in [0.15, 0.2) is 18.3 Å². The van der Waals surface area contributed by atoms with Gasteiger partial charge in [0.15, 0.2) is 0 Å². The second-order valence-corrected chi connectivity index (χ2v) is 12.9. The molecule has 2 aliphatic heterocycles. The third-order valence-corrected chi connectivity index (χ3v) is 7.37. The van der Waals surface area contributed by atoms with Gasteiger partial charge in [0, 0.05) is 82.1 Å².